The number of aryl methyl sites for hydroxylation is 1. The molecule has 0 radical (unpaired) electrons. The molecule has 0 spiro atoms. The summed E-state index contributed by atoms with van der Waals surface area (Å²) in [7, 11) is -3.76. The minimum absolute atomic E-state index is 0.0142. The van der Waals surface area contributed by atoms with Gasteiger partial charge in [-0.1, -0.05) is 29.3 Å². The fraction of sp³-hybridized carbons (Fsp3) is 0.278. The molecule has 5 nitrogen and oxygen atoms in total. The molecule has 0 atom stereocenters. The van der Waals surface area contributed by atoms with Crippen LogP contribution in [0.3, 0.4) is 0 Å². The zero-order valence-corrected chi connectivity index (χ0v) is 17.2. The Labute approximate surface area is 163 Å². The minimum Gasteiger partial charge on any atom is -0.321 e. The first kappa shape index (κ1) is 20.7. The molecule has 0 aliphatic heterocycles. The van der Waals surface area contributed by atoms with Gasteiger partial charge in [0.05, 0.1) is 15.6 Å². The number of carbonyl (C=O) groups excluding carboxylic acids is 1. The lowest BCUT2D eigenvalue weighted by molar-refractivity contribution is 0.102. The van der Waals surface area contributed by atoms with E-state index in [0.29, 0.717) is 21.3 Å². The molecule has 2 aromatic carbocycles. The van der Waals surface area contributed by atoms with E-state index in [1.807, 2.05) is 0 Å². The van der Waals surface area contributed by atoms with Crippen LogP contribution in [0.1, 0.15) is 36.7 Å². The van der Waals surface area contributed by atoms with Gasteiger partial charge in [-0.2, -0.15) is 0 Å². The maximum Gasteiger partial charge on any atom is 0.256 e. The highest BCUT2D eigenvalue weighted by Crippen LogP contribution is 2.26. The fourth-order valence-electron chi connectivity index (χ4n) is 2.26. The first-order chi connectivity index (χ1) is 11.9. The van der Waals surface area contributed by atoms with Crippen LogP contribution in [0.5, 0.6) is 0 Å². The number of nitrogens with one attached hydrogen (secondary N) is 2. The van der Waals surface area contributed by atoms with Gasteiger partial charge in [0.15, 0.2) is 0 Å². The number of sulfonamides is 1. The van der Waals surface area contributed by atoms with E-state index in [-0.39, 0.29) is 10.5 Å². The van der Waals surface area contributed by atoms with Crippen molar-refractivity contribution in [3.05, 3.63) is 57.6 Å². The Morgan fingerprint density at radius 1 is 1.04 bits per heavy atom. The smallest absolute Gasteiger partial charge is 0.256 e. The van der Waals surface area contributed by atoms with Crippen LogP contribution in [0.4, 0.5) is 5.69 Å². The molecule has 1 amide bonds. The number of hydrogen-bond acceptors (Lipinski definition) is 3. The molecule has 0 aliphatic rings. The summed E-state index contributed by atoms with van der Waals surface area (Å²) in [6, 6.07) is 9.10. The van der Waals surface area contributed by atoms with Gasteiger partial charge in [0.2, 0.25) is 10.0 Å². The molecule has 8 heteroatoms. The van der Waals surface area contributed by atoms with Crippen molar-refractivity contribution in [1.29, 1.82) is 0 Å². The van der Waals surface area contributed by atoms with Gasteiger partial charge in [0.1, 0.15) is 0 Å². The Morgan fingerprint density at radius 2 is 1.69 bits per heavy atom. The van der Waals surface area contributed by atoms with Crippen molar-refractivity contribution < 1.29 is 13.2 Å². The van der Waals surface area contributed by atoms with E-state index in [1.54, 1.807) is 45.9 Å². The molecule has 2 rings (SSSR count). The van der Waals surface area contributed by atoms with Gasteiger partial charge in [-0.15, -0.1) is 0 Å². The van der Waals surface area contributed by atoms with Crippen molar-refractivity contribution in [2.45, 2.75) is 38.1 Å². The van der Waals surface area contributed by atoms with Gasteiger partial charge in [0, 0.05) is 16.1 Å². The van der Waals surface area contributed by atoms with Crippen molar-refractivity contribution in [2.75, 3.05) is 5.32 Å². The quantitative estimate of drug-likeness (QED) is 0.765. The van der Waals surface area contributed by atoms with Crippen LogP contribution >= 0.6 is 23.2 Å². The third-order valence-corrected chi connectivity index (χ3v) is 5.70. The van der Waals surface area contributed by atoms with E-state index in [9.17, 15) is 13.2 Å². The summed E-state index contributed by atoms with van der Waals surface area (Å²) < 4.78 is 27.6. The van der Waals surface area contributed by atoms with Gasteiger partial charge in [-0.25, -0.2) is 13.1 Å². The number of rotatable bonds is 4. The van der Waals surface area contributed by atoms with Crippen molar-refractivity contribution in [1.82, 2.24) is 4.72 Å². The van der Waals surface area contributed by atoms with E-state index >= 15 is 0 Å². The molecule has 0 aromatic heterocycles. The summed E-state index contributed by atoms with van der Waals surface area (Å²) in [5, 5.41) is 3.42. The largest absolute Gasteiger partial charge is 0.321 e. The first-order valence-electron chi connectivity index (χ1n) is 7.80. The second kappa shape index (κ2) is 7.56. The number of halogens is 2. The average Bonchev–Trinajstić information content (AvgIpc) is 2.48. The normalized spacial score (nSPS) is 12.1. The summed E-state index contributed by atoms with van der Waals surface area (Å²) >= 11 is 12.0. The maximum absolute atomic E-state index is 12.6. The molecule has 2 N–H and O–H groups in total. The Morgan fingerprint density at radius 3 is 2.31 bits per heavy atom. The van der Waals surface area contributed by atoms with Crippen molar-refractivity contribution in [3.8, 4) is 0 Å². The van der Waals surface area contributed by atoms with Gasteiger partial charge in [-0.3, -0.25) is 4.79 Å². The van der Waals surface area contributed by atoms with Gasteiger partial charge < -0.3 is 5.32 Å². The summed E-state index contributed by atoms with van der Waals surface area (Å²) in [6.07, 6.45) is 0. The molecule has 26 heavy (non-hydrogen) atoms. The van der Waals surface area contributed by atoms with Crippen molar-refractivity contribution in [2.24, 2.45) is 0 Å². The zero-order chi connectivity index (χ0) is 19.7. The lowest BCUT2D eigenvalue weighted by atomic mass is 10.1. The van der Waals surface area contributed by atoms with Crippen LogP contribution < -0.4 is 10.0 Å². The highest BCUT2D eigenvalue weighted by atomic mass is 35.5. The maximum atomic E-state index is 12.6. The second-order valence-corrected chi connectivity index (χ2v) is 9.44. The monoisotopic (exact) mass is 414 g/mol. The van der Waals surface area contributed by atoms with E-state index < -0.39 is 21.5 Å². The van der Waals surface area contributed by atoms with Gasteiger partial charge in [0.25, 0.3) is 5.91 Å². The predicted molar refractivity (Wildman–Crippen MR) is 106 cm³/mol. The Hall–Kier alpha value is -1.60. The SMILES string of the molecule is Cc1ccc(S(=O)(=O)NC(C)(C)C)cc1C(=O)Nc1cc(Cl)ccc1Cl. The second-order valence-electron chi connectivity index (χ2n) is 6.91. The first-order valence-corrected chi connectivity index (χ1v) is 10.0. The Kier molecular flexibility index (Phi) is 6.02. The topological polar surface area (TPSA) is 75.3 Å². The lowest BCUT2D eigenvalue weighted by Crippen LogP contribution is -2.40. The highest BCUT2D eigenvalue weighted by molar-refractivity contribution is 7.89. The Bertz CT molecular complexity index is 951. The molecule has 0 aliphatic carbocycles. The van der Waals surface area contributed by atoms with Crippen molar-refractivity contribution in [3.63, 3.8) is 0 Å². The van der Waals surface area contributed by atoms with Crippen molar-refractivity contribution >= 4 is 44.8 Å². The molecular formula is C18H20Cl2N2O3S. The van der Waals surface area contributed by atoms with Crippen LogP contribution in [0.15, 0.2) is 41.3 Å². The van der Waals surface area contributed by atoms with E-state index in [0.717, 1.165) is 0 Å². The third kappa shape index (κ3) is 5.20. The van der Waals surface area contributed by atoms with Crippen LogP contribution in [-0.4, -0.2) is 19.9 Å². The molecule has 0 saturated carbocycles. The van der Waals surface area contributed by atoms with Crippen LogP contribution in [0.2, 0.25) is 10.0 Å². The number of hydrogen-bond donors (Lipinski definition) is 2. The van der Waals surface area contributed by atoms with E-state index in [4.69, 9.17) is 23.2 Å². The number of anilines is 1. The summed E-state index contributed by atoms with van der Waals surface area (Å²) in [6.45, 7) is 6.95. The molecule has 0 unspecified atom stereocenters. The van der Waals surface area contributed by atoms with Crippen LogP contribution in [0, 0.1) is 6.92 Å². The Balaban J connectivity index is 2.38. The number of carbonyl (C=O) groups is 1. The summed E-state index contributed by atoms with van der Waals surface area (Å²) in [4.78, 5) is 12.6. The predicted octanol–water partition coefficient (Wildman–Crippen LogP) is 4.63. The molecule has 140 valence electrons. The fourth-order valence-corrected chi connectivity index (χ4v) is 4.04. The lowest BCUT2D eigenvalue weighted by Gasteiger charge is -2.20. The molecule has 0 saturated heterocycles. The van der Waals surface area contributed by atoms with E-state index in [1.165, 1.54) is 18.2 Å². The molecular weight excluding hydrogens is 395 g/mol. The minimum atomic E-state index is -3.76. The third-order valence-electron chi connectivity index (χ3n) is 3.38. The van der Waals surface area contributed by atoms with Crippen LogP contribution in [0.25, 0.3) is 0 Å². The average molecular weight is 415 g/mol. The molecule has 2 aromatic rings. The number of benzene rings is 2. The zero-order valence-electron chi connectivity index (χ0n) is 14.9. The van der Waals surface area contributed by atoms with Gasteiger partial charge in [-0.05, 0) is 63.6 Å². The summed E-state index contributed by atoms with van der Waals surface area (Å²) in [5.41, 5.74) is 0.582. The van der Waals surface area contributed by atoms with Crippen LogP contribution in [-0.2, 0) is 10.0 Å². The summed E-state index contributed by atoms with van der Waals surface area (Å²) in [5.74, 6) is -0.473. The molecule has 0 fully saturated rings. The standard InChI is InChI=1S/C18H20Cl2N2O3S/c1-11-5-7-13(26(24,25)22-18(2,3)4)10-14(11)17(23)21-16-9-12(19)6-8-15(16)20/h5-10,22H,1-4H3,(H,21,23). The van der Waals surface area contributed by atoms with E-state index in [2.05, 4.69) is 10.0 Å². The molecule has 0 heterocycles. The highest BCUT2D eigenvalue weighted by Gasteiger charge is 2.23. The number of amides is 1. The van der Waals surface area contributed by atoms with Gasteiger partial charge >= 0.3 is 0 Å². The molecule has 0 bridgehead atoms.